The van der Waals surface area contributed by atoms with E-state index in [-0.39, 0.29) is 0 Å². The van der Waals surface area contributed by atoms with Gasteiger partial charge in [0.2, 0.25) is 0 Å². The van der Waals surface area contributed by atoms with Crippen molar-refractivity contribution in [3.63, 3.8) is 0 Å². The van der Waals surface area contributed by atoms with Crippen molar-refractivity contribution < 1.29 is 0 Å². The van der Waals surface area contributed by atoms with Gasteiger partial charge in [-0.25, -0.2) is 0 Å². The molecule has 0 amide bonds. The summed E-state index contributed by atoms with van der Waals surface area (Å²) in [6.07, 6.45) is 39.0. The quantitative estimate of drug-likeness (QED) is 0.0575. The molecule has 0 aromatic rings. The fourth-order valence-corrected chi connectivity index (χ4v) is 12.6. The number of hydrogen-bond donors (Lipinski definition) is 0. The fraction of sp³-hybridized carbons (Fsp3) is 1.00. The first-order valence-electron chi connectivity index (χ1n) is 43.8. The van der Waals surface area contributed by atoms with Crippen molar-refractivity contribution in [3.8, 4) is 0 Å². The largest absolute Gasteiger partial charge is 0.0651 e. The lowest BCUT2D eigenvalue weighted by atomic mass is 9.69. The van der Waals surface area contributed by atoms with E-state index in [1.165, 1.54) is 186 Å². The highest BCUT2D eigenvalue weighted by Gasteiger charge is 2.29. The molecule has 0 aliphatic carbocycles. The summed E-state index contributed by atoms with van der Waals surface area (Å²) in [6, 6.07) is 0. The minimum atomic E-state index is 0.884. The van der Waals surface area contributed by atoms with Crippen LogP contribution in [0.2, 0.25) is 0 Å². The molecule has 580 valence electrons. The number of hydrogen-bond acceptors (Lipinski definition) is 0. The summed E-state index contributed by atoms with van der Waals surface area (Å²) < 4.78 is 0. The molecule has 0 spiro atoms. The molecule has 0 aliphatic rings. The molecule has 0 heterocycles. The normalized spacial score (nSPS) is 13.3. The Kier molecular flexibility index (Phi) is 113. The highest BCUT2D eigenvalue weighted by molar-refractivity contribution is 4.79. The third-order valence-corrected chi connectivity index (χ3v) is 24.6. The summed E-state index contributed by atoms with van der Waals surface area (Å²) in [4.78, 5) is 0. The van der Waals surface area contributed by atoms with Crippen LogP contribution in [-0.2, 0) is 0 Å². The van der Waals surface area contributed by atoms with Crippen LogP contribution in [0.25, 0.3) is 0 Å². The van der Waals surface area contributed by atoms with Crippen molar-refractivity contribution in [2.75, 3.05) is 0 Å². The Hall–Kier alpha value is 0. The monoisotopic (exact) mass is 1330 g/mol. The smallest absolute Gasteiger partial charge is 0.0332 e. The molecule has 0 bridgehead atoms. The molecule has 0 saturated carbocycles. The Bertz CT molecular complexity index is 1070. The Morgan fingerprint density at radius 2 is 0.323 bits per heavy atom. The van der Waals surface area contributed by atoms with Crippen molar-refractivity contribution >= 4 is 0 Å². The zero-order valence-corrected chi connectivity index (χ0v) is 75.6. The maximum atomic E-state index is 2.46. The van der Waals surface area contributed by atoms with E-state index in [1.807, 2.05) is 0 Å². The topological polar surface area (TPSA) is 0 Å². The molecular formula is C93H208. The molecule has 0 aromatic heterocycles. The number of rotatable bonds is 39. The van der Waals surface area contributed by atoms with Gasteiger partial charge in [0.1, 0.15) is 0 Å². The van der Waals surface area contributed by atoms with Crippen LogP contribution in [0.15, 0.2) is 0 Å². The van der Waals surface area contributed by atoms with Gasteiger partial charge in [-0.15, -0.1) is 0 Å². The standard InChI is InChI=1S/C15H32.2C12H26.2C9H20.C8H18.3C6H14.2C5H12/c1-7-12(6)15(13(8-2)9-3)14(10-4)11-5;1-6-11(7-2)10(5)12(8-3)9-4;1-6-10(5)12(9-4)11(7-2)8-3;2*1-5-8(4)9(6-2)7-3;1-5-7(3)8(4)6-2;3*1-4-6(3)5-2;2*1-4-5(2)3/h12-15H,7-11H2,1-6H3;2*10-12H,6-9H2,1-5H3;2*8-9H,5-7H2,1-4H3;7-8H,5-6H2,1-4H3;3*6H,4-5H2,1-3H3;2*5H,4H2,1-3H3. The zero-order chi connectivity index (χ0) is 75.6. The van der Waals surface area contributed by atoms with Crippen LogP contribution in [0.4, 0.5) is 0 Å². The van der Waals surface area contributed by atoms with Gasteiger partial charge in [0.25, 0.3) is 0 Å². The predicted molar refractivity (Wildman–Crippen MR) is 451 cm³/mol. The van der Waals surface area contributed by atoms with Crippen LogP contribution in [-0.4, -0.2) is 0 Å². The molecule has 0 aromatic carbocycles. The van der Waals surface area contributed by atoms with Crippen molar-refractivity contribution in [2.24, 2.45) is 124 Å². The molecule has 0 rings (SSSR count). The van der Waals surface area contributed by atoms with Crippen LogP contribution < -0.4 is 0 Å². The van der Waals surface area contributed by atoms with Crippen molar-refractivity contribution in [2.45, 2.75) is 484 Å². The molecule has 0 heteroatoms. The van der Waals surface area contributed by atoms with Crippen LogP contribution in [0.1, 0.15) is 484 Å². The van der Waals surface area contributed by atoms with Gasteiger partial charge in [-0.3, -0.25) is 0 Å². The Balaban J connectivity index is -0.0000000899. The average Bonchev–Trinajstić information content (AvgIpc) is 1.09. The van der Waals surface area contributed by atoms with E-state index in [4.69, 9.17) is 0 Å². The molecule has 0 N–H and O–H groups in total. The second kappa shape index (κ2) is 90.0. The molecule has 0 radical (unpaired) electrons. The van der Waals surface area contributed by atoms with Crippen molar-refractivity contribution in [1.82, 2.24) is 0 Å². The van der Waals surface area contributed by atoms with Gasteiger partial charge in [-0.2, -0.15) is 0 Å². The van der Waals surface area contributed by atoms with Gasteiger partial charge in [-0.05, 0) is 124 Å². The summed E-state index contributed by atoms with van der Waals surface area (Å²) in [6.45, 7) is 98.9. The van der Waals surface area contributed by atoms with Gasteiger partial charge < -0.3 is 0 Å². The summed E-state index contributed by atoms with van der Waals surface area (Å²) >= 11 is 0. The fourth-order valence-electron chi connectivity index (χ4n) is 12.6. The van der Waals surface area contributed by atoms with Crippen molar-refractivity contribution in [1.29, 1.82) is 0 Å². The van der Waals surface area contributed by atoms with Gasteiger partial charge in [0, 0.05) is 0 Å². The molecule has 0 nitrogen and oxygen atoms in total. The van der Waals surface area contributed by atoms with Crippen LogP contribution in [0, 0.1) is 124 Å². The van der Waals surface area contributed by atoms with E-state index in [1.54, 1.807) is 0 Å². The third-order valence-electron chi connectivity index (χ3n) is 24.6. The van der Waals surface area contributed by atoms with Gasteiger partial charge >= 0.3 is 0 Å². The first kappa shape index (κ1) is 117. The lowest BCUT2D eigenvalue weighted by molar-refractivity contribution is 0.133. The first-order chi connectivity index (χ1) is 43.8. The summed E-state index contributed by atoms with van der Waals surface area (Å²) in [5, 5.41) is 0. The van der Waals surface area contributed by atoms with Gasteiger partial charge in [-0.1, -0.05) is 484 Å². The lowest BCUT2D eigenvalue weighted by Gasteiger charge is -2.36. The Morgan fingerprint density at radius 1 is 0.140 bits per heavy atom. The minimum Gasteiger partial charge on any atom is -0.0651 e. The SMILES string of the molecule is CCC(C)C.CCC(C)C.CCC(C)C(C(CC)CC)C(CC)CC.CCC(C)C(C)CC.CCC(C)C(CC)C(CC)CC.CCC(C)C(CC)CC.CCC(C)C(CC)CC.CCC(C)CC.CCC(C)CC.CCC(C)CC.CCC(CC)C(C)C(CC)CC. The second-order valence-electron chi connectivity index (χ2n) is 31.2. The van der Waals surface area contributed by atoms with E-state index < -0.39 is 0 Å². The van der Waals surface area contributed by atoms with Gasteiger partial charge in [0.05, 0.1) is 0 Å². The molecule has 0 saturated heterocycles. The maximum absolute atomic E-state index is 2.46. The molecular weight excluding hydrogens is 1120 g/mol. The third kappa shape index (κ3) is 77.6. The van der Waals surface area contributed by atoms with E-state index in [9.17, 15) is 0 Å². The second-order valence-corrected chi connectivity index (χ2v) is 31.2. The van der Waals surface area contributed by atoms with Gasteiger partial charge in [0.15, 0.2) is 0 Å². The predicted octanol–water partition coefficient (Wildman–Crippen LogP) is 36.0. The lowest BCUT2D eigenvalue weighted by Crippen LogP contribution is -2.28. The van der Waals surface area contributed by atoms with Crippen LogP contribution in [0.5, 0.6) is 0 Å². The maximum Gasteiger partial charge on any atom is -0.0332 e. The summed E-state index contributed by atoms with van der Waals surface area (Å²) in [5.41, 5.74) is 0. The molecule has 0 fully saturated rings. The molecule has 7 atom stereocenters. The molecule has 93 heavy (non-hydrogen) atoms. The first-order valence-corrected chi connectivity index (χ1v) is 43.8. The summed E-state index contributed by atoms with van der Waals surface area (Å²) in [7, 11) is 0. The molecule has 0 aliphatic heterocycles. The summed E-state index contributed by atoms with van der Waals surface area (Å²) in [5.74, 6) is 19.6. The Morgan fingerprint density at radius 3 is 0.430 bits per heavy atom. The van der Waals surface area contributed by atoms with Crippen LogP contribution in [0.3, 0.4) is 0 Å². The average molecular weight is 1330 g/mol. The minimum absolute atomic E-state index is 0.884. The highest BCUT2D eigenvalue weighted by atomic mass is 14.3. The van der Waals surface area contributed by atoms with Crippen molar-refractivity contribution in [3.05, 3.63) is 0 Å². The molecule has 7 unspecified atom stereocenters. The zero-order valence-electron chi connectivity index (χ0n) is 75.6. The van der Waals surface area contributed by atoms with E-state index in [0.717, 1.165) is 124 Å². The van der Waals surface area contributed by atoms with Crippen LogP contribution >= 0.6 is 0 Å². The Labute approximate surface area is 604 Å². The highest BCUT2D eigenvalue weighted by Crippen LogP contribution is 2.38. The van der Waals surface area contributed by atoms with E-state index >= 15 is 0 Å². The van der Waals surface area contributed by atoms with E-state index in [0.29, 0.717) is 0 Å². The van der Waals surface area contributed by atoms with E-state index in [2.05, 4.69) is 298 Å².